The monoisotopic (exact) mass is 228 g/mol. The standard InChI is InChI=1S/C15H20N2/c1-3-11(2)12-4-6-14-13(10-16)8-9-17-15(14)7-5-12/h4,6-9,11H,3,5,10,16H2,1-2H3. The van der Waals surface area contributed by atoms with Crippen LogP contribution in [0.5, 0.6) is 0 Å². The van der Waals surface area contributed by atoms with E-state index < -0.39 is 0 Å². The third-order valence-electron chi connectivity index (χ3n) is 3.57. The molecule has 17 heavy (non-hydrogen) atoms. The average molecular weight is 228 g/mol. The Morgan fingerprint density at radius 1 is 1.41 bits per heavy atom. The lowest BCUT2D eigenvalue weighted by molar-refractivity contribution is 0.646. The third-order valence-corrected chi connectivity index (χ3v) is 3.57. The Labute approximate surface area is 103 Å². The molecule has 0 bridgehead atoms. The summed E-state index contributed by atoms with van der Waals surface area (Å²) in [7, 11) is 0. The first kappa shape index (κ1) is 12.1. The quantitative estimate of drug-likeness (QED) is 0.851. The Kier molecular flexibility index (Phi) is 3.75. The molecular weight excluding hydrogens is 208 g/mol. The molecule has 0 amide bonds. The van der Waals surface area contributed by atoms with Crippen molar-refractivity contribution in [3.63, 3.8) is 0 Å². The van der Waals surface area contributed by atoms with Gasteiger partial charge in [-0.15, -0.1) is 0 Å². The highest BCUT2D eigenvalue weighted by atomic mass is 14.6. The highest BCUT2D eigenvalue weighted by Crippen LogP contribution is 2.19. The van der Waals surface area contributed by atoms with Crippen molar-refractivity contribution in [1.82, 2.24) is 4.98 Å². The Morgan fingerprint density at radius 3 is 2.94 bits per heavy atom. The molecule has 1 aromatic rings. The second kappa shape index (κ2) is 5.28. The van der Waals surface area contributed by atoms with Crippen LogP contribution in [0, 0.1) is 5.92 Å². The minimum absolute atomic E-state index is 0.571. The fraction of sp³-hybridized carbons (Fsp3) is 0.400. The zero-order valence-corrected chi connectivity index (χ0v) is 10.6. The van der Waals surface area contributed by atoms with Crippen LogP contribution in [-0.2, 0) is 6.54 Å². The highest BCUT2D eigenvalue weighted by Gasteiger charge is 2.06. The maximum absolute atomic E-state index is 5.76. The third kappa shape index (κ3) is 2.47. The zero-order chi connectivity index (χ0) is 12.3. The first-order chi connectivity index (χ1) is 8.26. The number of hydrogen-bond donors (Lipinski definition) is 1. The van der Waals surface area contributed by atoms with E-state index in [4.69, 9.17) is 5.73 Å². The largest absolute Gasteiger partial charge is 0.326 e. The van der Waals surface area contributed by atoms with Gasteiger partial charge in [-0.2, -0.15) is 0 Å². The summed E-state index contributed by atoms with van der Waals surface area (Å²) in [5.41, 5.74) is 8.42. The summed E-state index contributed by atoms with van der Waals surface area (Å²) in [6.07, 6.45) is 10.7. The molecule has 2 nitrogen and oxygen atoms in total. The summed E-state index contributed by atoms with van der Waals surface area (Å²) in [4.78, 5) is 4.43. The SMILES string of the molecule is CCC(C)C1=CC=c2c(CN)ccnc2=CC1. The van der Waals surface area contributed by atoms with Crippen LogP contribution in [-0.4, -0.2) is 4.98 Å². The molecule has 90 valence electrons. The van der Waals surface area contributed by atoms with Crippen molar-refractivity contribution in [2.75, 3.05) is 0 Å². The van der Waals surface area contributed by atoms with Crippen molar-refractivity contribution in [3.05, 3.63) is 40.0 Å². The van der Waals surface area contributed by atoms with E-state index in [1.807, 2.05) is 12.3 Å². The summed E-state index contributed by atoms with van der Waals surface area (Å²) < 4.78 is 0. The predicted molar refractivity (Wildman–Crippen MR) is 72.5 cm³/mol. The van der Waals surface area contributed by atoms with Crippen LogP contribution in [0.2, 0.25) is 0 Å². The molecule has 2 heteroatoms. The van der Waals surface area contributed by atoms with Crippen molar-refractivity contribution >= 4 is 12.2 Å². The minimum Gasteiger partial charge on any atom is -0.326 e. The molecule has 1 aliphatic rings. The van der Waals surface area contributed by atoms with E-state index in [0.29, 0.717) is 12.5 Å². The van der Waals surface area contributed by atoms with Crippen LogP contribution < -0.4 is 16.3 Å². The Hall–Kier alpha value is -1.41. The van der Waals surface area contributed by atoms with Crippen LogP contribution in [0.4, 0.5) is 0 Å². The molecule has 1 aliphatic carbocycles. The van der Waals surface area contributed by atoms with Gasteiger partial charge in [-0.1, -0.05) is 37.6 Å². The molecule has 0 radical (unpaired) electrons. The van der Waals surface area contributed by atoms with E-state index in [2.05, 4.69) is 37.1 Å². The Morgan fingerprint density at radius 2 is 2.24 bits per heavy atom. The van der Waals surface area contributed by atoms with Crippen molar-refractivity contribution in [1.29, 1.82) is 0 Å². The van der Waals surface area contributed by atoms with E-state index in [1.54, 1.807) is 0 Å². The van der Waals surface area contributed by atoms with Gasteiger partial charge in [-0.05, 0) is 30.4 Å². The molecule has 1 unspecified atom stereocenters. The number of hydrogen-bond acceptors (Lipinski definition) is 2. The molecule has 1 heterocycles. The highest BCUT2D eigenvalue weighted by molar-refractivity contribution is 5.48. The maximum atomic E-state index is 5.76. The van der Waals surface area contributed by atoms with Crippen LogP contribution in [0.3, 0.4) is 0 Å². The van der Waals surface area contributed by atoms with Crippen LogP contribution in [0.1, 0.15) is 32.3 Å². The van der Waals surface area contributed by atoms with Crippen molar-refractivity contribution in [2.24, 2.45) is 11.7 Å². The van der Waals surface area contributed by atoms with Gasteiger partial charge in [0.1, 0.15) is 0 Å². The van der Waals surface area contributed by atoms with Crippen molar-refractivity contribution in [3.8, 4) is 0 Å². The second-order valence-corrected chi connectivity index (χ2v) is 4.60. The molecule has 1 aromatic heterocycles. The Bertz CT molecular complexity index is 541. The molecule has 0 aliphatic heterocycles. The predicted octanol–water partition coefficient (Wildman–Crippen LogP) is 1.48. The van der Waals surface area contributed by atoms with Gasteiger partial charge in [-0.25, -0.2) is 0 Å². The average Bonchev–Trinajstić information content (AvgIpc) is 2.59. The van der Waals surface area contributed by atoms with Gasteiger partial charge >= 0.3 is 0 Å². The number of aromatic nitrogens is 1. The summed E-state index contributed by atoms with van der Waals surface area (Å²) in [6, 6.07) is 2.01. The van der Waals surface area contributed by atoms with Gasteiger partial charge in [0.25, 0.3) is 0 Å². The topological polar surface area (TPSA) is 38.9 Å². The summed E-state index contributed by atoms with van der Waals surface area (Å²) in [5.74, 6) is 0.637. The maximum Gasteiger partial charge on any atom is 0.0668 e. The molecule has 1 atom stereocenters. The van der Waals surface area contributed by atoms with Crippen LogP contribution >= 0.6 is 0 Å². The molecular formula is C15H20N2. The zero-order valence-electron chi connectivity index (χ0n) is 10.6. The van der Waals surface area contributed by atoms with E-state index in [0.717, 1.165) is 11.8 Å². The van der Waals surface area contributed by atoms with E-state index in [-0.39, 0.29) is 0 Å². The summed E-state index contributed by atoms with van der Waals surface area (Å²) in [5, 5.41) is 2.26. The van der Waals surface area contributed by atoms with Crippen LogP contribution in [0.25, 0.3) is 12.2 Å². The number of pyridine rings is 1. The van der Waals surface area contributed by atoms with Gasteiger partial charge in [0.15, 0.2) is 0 Å². The van der Waals surface area contributed by atoms with E-state index in [9.17, 15) is 0 Å². The number of nitrogens with two attached hydrogens (primary N) is 1. The minimum atomic E-state index is 0.571. The molecule has 0 saturated carbocycles. The Balaban J connectivity index is 2.52. The molecule has 0 saturated heterocycles. The van der Waals surface area contributed by atoms with E-state index >= 15 is 0 Å². The fourth-order valence-electron chi connectivity index (χ4n) is 2.17. The molecule has 0 fully saturated rings. The van der Waals surface area contributed by atoms with Gasteiger partial charge in [-0.3, -0.25) is 4.98 Å². The lowest BCUT2D eigenvalue weighted by atomic mass is 9.95. The van der Waals surface area contributed by atoms with Crippen molar-refractivity contribution < 1.29 is 0 Å². The number of rotatable bonds is 3. The van der Waals surface area contributed by atoms with Crippen molar-refractivity contribution in [2.45, 2.75) is 33.2 Å². The first-order valence-corrected chi connectivity index (χ1v) is 6.31. The van der Waals surface area contributed by atoms with Gasteiger partial charge < -0.3 is 5.73 Å². The van der Waals surface area contributed by atoms with Gasteiger partial charge in [0, 0.05) is 18.0 Å². The van der Waals surface area contributed by atoms with Crippen LogP contribution in [0.15, 0.2) is 23.9 Å². The van der Waals surface area contributed by atoms with Gasteiger partial charge in [0.05, 0.1) is 5.35 Å². The van der Waals surface area contributed by atoms with E-state index in [1.165, 1.54) is 22.8 Å². The molecule has 2 N–H and O–H groups in total. The number of nitrogens with zero attached hydrogens (tertiary/aromatic N) is 1. The number of allylic oxidation sites excluding steroid dienone is 2. The fourth-order valence-corrected chi connectivity index (χ4v) is 2.17. The molecule has 2 rings (SSSR count). The molecule has 0 spiro atoms. The first-order valence-electron chi connectivity index (χ1n) is 6.31. The smallest absolute Gasteiger partial charge is 0.0668 e. The molecule has 0 aromatic carbocycles. The number of fused-ring (bicyclic) bond motifs is 1. The summed E-state index contributed by atoms with van der Waals surface area (Å²) >= 11 is 0. The lowest BCUT2D eigenvalue weighted by Crippen LogP contribution is -2.32. The second-order valence-electron chi connectivity index (χ2n) is 4.60. The van der Waals surface area contributed by atoms with Gasteiger partial charge in [0.2, 0.25) is 0 Å². The normalized spacial score (nSPS) is 16.1. The lowest BCUT2D eigenvalue weighted by Gasteiger charge is -2.10. The summed E-state index contributed by atoms with van der Waals surface area (Å²) in [6.45, 7) is 5.08.